The van der Waals surface area contributed by atoms with E-state index in [9.17, 15) is 8.42 Å². The van der Waals surface area contributed by atoms with Crippen LogP contribution >= 0.6 is 15.9 Å². The lowest BCUT2D eigenvalue weighted by molar-refractivity contribution is 0.328. The first-order valence-corrected chi connectivity index (χ1v) is 9.17. The van der Waals surface area contributed by atoms with Crippen LogP contribution in [0.5, 0.6) is 0 Å². The fourth-order valence-corrected chi connectivity index (χ4v) is 5.78. The molecule has 2 N–H and O–H groups in total. The normalized spacial score (nSPS) is 24.2. The lowest BCUT2D eigenvalue weighted by atomic mass is 10.2. The third-order valence-corrected chi connectivity index (χ3v) is 7.03. The summed E-state index contributed by atoms with van der Waals surface area (Å²) in [6.07, 6.45) is 2.70. The summed E-state index contributed by atoms with van der Waals surface area (Å²) in [7, 11) is -3.48. The highest BCUT2D eigenvalue weighted by molar-refractivity contribution is 9.10. The van der Waals surface area contributed by atoms with Crippen LogP contribution in [0.2, 0.25) is 0 Å². The van der Waals surface area contributed by atoms with Crippen molar-refractivity contribution in [2.75, 3.05) is 0 Å². The molecule has 112 valence electrons. The topological polar surface area (TPSA) is 63.4 Å². The van der Waals surface area contributed by atoms with Crippen molar-refractivity contribution in [1.29, 1.82) is 0 Å². The Kier molecular flexibility index (Phi) is 4.89. The first kappa shape index (κ1) is 15.9. The minimum Gasteiger partial charge on any atom is -0.326 e. The number of hydrogen-bond acceptors (Lipinski definition) is 3. The Balaban J connectivity index is 2.49. The maximum atomic E-state index is 13.0. The fourth-order valence-electron chi connectivity index (χ4n) is 2.85. The average molecular weight is 361 g/mol. The van der Waals surface area contributed by atoms with Crippen molar-refractivity contribution in [3.8, 4) is 0 Å². The molecule has 2 unspecified atom stereocenters. The van der Waals surface area contributed by atoms with Crippen molar-refractivity contribution < 1.29 is 8.42 Å². The summed E-state index contributed by atoms with van der Waals surface area (Å²) in [5.74, 6) is 0. The molecule has 0 radical (unpaired) electrons. The fraction of sp³-hybridized carbons (Fsp3) is 0.571. The molecular weight excluding hydrogens is 340 g/mol. The van der Waals surface area contributed by atoms with E-state index >= 15 is 0 Å². The molecule has 6 heteroatoms. The SMILES string of the molecule is CCC1CCC(C)N1S(=O)(=O)c1cc(CN)ccc1Br. The third-order valence-electron chi connectivity index (χ3n) is 3.97. The van der Waals surface area contributed by atoms with E-state index in [1.807, 2.05) is 19.9 Å². The van der Waals surface area contributed by atoms with Gasteiger partial charge in [0.25, 0.3) is 0 Å². The van der Waals surface area contributed by atoms with Crippen LogP contribution in [0.25, 0.3) is 0 Å². The van der Waals surface area contributed by atoms with E-state index in [1.165, 1.54) is 0 Å². The Morgan fingerprint density at radius 1 is 1.40 bits per heavy atom. The van der Waals surface area contributed by atoms with Gasteiger partial charge in [0.05, 0.1) is 4.90 Å². The lowest BCUT2D eigenvalue weighted by Gasteiger charge is -2.27. The van der Waals surface area contributed by atoms with Gasteiger partial charge in [-0.25, -0.2) is 8.42 Å². The van der Waals surface area contributed by atoms with E-state index in [1.54, 1.807) is 16.4 Å². The zero-order valence-corrected chi connectivity index (χ0v) is 14.2. The van der Waals surface area contributed by atoms with Gasteiger partial charge in [-0.2, -0.15) is 4.31 Å². The summed E-state index contributed by atoms with van der Waals surface area (Å²) in [6.45, 7) is 4.35. The molecule has 0 aromatic heterocycles. The maximum Gasteiger partial charge on any atom is 0.244 e. The van der Waals surface area contributed by atoms with Gasteiger partial charge in [0.2, 0.25) is 10.0 Å². The molecule has 1 aliphatic rings. The Morgan fingerprint density at radius 2 is 2.10 bits per heavy atom. The number of nitrogens with zero attached hydrogens (tertiary/aromatic N) is 1. The summed E-state index contributed by atoms with van der Waals surface area (Å²) in [6, 6.07) is 5.43. The van der Waals surface area contributed by atoms with Crippen LogP contribution in [0.15, 0.2) is 27.6 Å². The van der Waals surface area contributed by atoms with Gasteiger partial charge >= 0.3 is 0 Å². The number of benzene rings is 1. The van der Waals surface area contributed by atoms with Crippen molar-refractivity contribution in [3.05, 3.63) is 28.2 Å². The van der Waals surface area contributed by atoms with Crippen molar-refractivity contribution in [1.82, 2.24) is 4.31 Å². The standard InChI is InChI=1S/C14H21BrN2O2S/c1-3-12-6-4-10(2)17(12)20(18,19)14-8-11(9-16)5-7-13(14)15/h5,7-8,10,12H,3-4,6,9,16H2,1-2H3. The zero-order valence-electron chi connectivity index (χ0n) is 11.8. The van der Waals surface area contributed by atoms with Crippen LogP contribution in [0.1, 0.15) is 38.7 Å². The number of nitrogens with two attached hydrogens (primary N) is 1. The summed E-state index contributed by atoms with van der Waals surface area (Å²) >= 11 is 3.36. The maximum absolute atomic E-state index is 13.0. The molecule has 1 aromatic carbocycles. The molecule has 0 spiro atoms. The lowest BCUT2D eigenvalue weighted by Crippen LogP contribution is -2.39. The Hall–Kier alpha value is -0.430. The van der Waals surface area contributed by atoms with E-state index in [-0.39, 0.29) is 12.1 Å². The van der Waals surface area contributed by atoms with E-state index in [4.69, 9.17) is 5.73 Å². The molecule has 2 atom stereocenters. The van der Waals surface area contributed by atoms with Gasteiger partial charge in [-0.15, -0.1) is 0 Å². The molecule has 1 heterocycles. The molecule has 0 amide bonds. The molecule has 1 fully saturated rings. The second kappa shape index (κ2) is 6.13. The van der Waals surface area contributed by atoms with Crippen LogP contribution in [-0.4, -0.2) is 24.8 Å². The van der Waals surface area contributed by atoms with Gasteiger partial charge in [-0.3, -0.25) is 0 Å². The van der Waals surface area contributed by atoms with Crippen LogP contribution in [0, 0.1) is 0 Å². The van der Waals surface area contributed by atoms with E-state index in [0.717, 1.165) is 24.8 Å². The van der Waals surface area contributed by atoms with Crippen molar-refractivity contribution in [3.63, 3.8) is 0 Å². The van der Waals surface area contributed by atoms with Crippen molar-refractivity contribution in [2.45, 2.75) is 56.6 Å². The molecule has 0 bridgehead atoms. The average Bonchev–Trinajstić information content (AvgIpc) is 2.81. The van der Waals surface area contributed by atoms with Crippen LogP contribution in [-0.2, 0) is 16.6 Å². The van der Waals surface area contributed by atoms with Gasteiger partial charge in [-0.1, -0.05) is 13.0 Å². The van der Waals surface area contributed by atoms with Crippen LogP contribution in [0.4, 0.5) is 0 Å². The smallest absolute Gasteiger partial charge is 0.244 e. The largest absolute Gasteiger partial charge is 0.326 e. The minimum atomic E-state index is -3.48. The van der Waals surface area contributed by atoms with Crippen molar-refractivity contribution >= 4 is 26.0 Å². The molecule has 0 aliphatic carbocycles. The number of rotatable bonds is 4. The van der Waals surface area contributed by atoms with E-state index < -0.39 is 10.0 Å². The molecular formula is C14H21BrN2O2S. The molecule has 1 saturated heterocycles. The third kappa shape index (κ3) is 2.79. The summed E-state index contributed by atoms with van der Waals surface area (Å²) < 4.78 is 28.2. The molecule has 0 saturated carbocycles. The van der Waals surface area contributed by atoms with Gasteiger partial charge in [0.1, 0.15) is 0 Å². The highest BCUT2D eigenvalue weighted by Gasteiger charge is 2.39. The molecule has 1 aromatic rings. The Labute approximate surface area is 129 Å². The highest BCUT2D eigenvalue weighted by Crippen LogP contribution is 2.35. The van der Waals surface area contributed by atoms with Gasteiger partial charge < -0.3 is 5.73 Å². The Morgan fingerprint density at radius 3 is 2.70 bits per heavy atom. The first-order valence-electron chi connectivity index (χ1n) is 6.93. The van der Waals surface area contributed by atoms with Crippen LogP contribution < -0.4 is 5.73 Å². The van der Waals surface area contributed by atoms with Gasteiger partial charge in [0, 0.05) is 23.1 Å². The molecule has 20 heavy (non-hydrogen) atoms. The summed E-state index contributed by atoms with van der Waals surface area (Å²) in [5.41, 5.74) is 6.45. The first-order chi connectivity index (χ1) is 9.41. The Bertz CT molecular complexity index is 589. The predicted octanol–water partition coefficient (Wildman–Crippen LogP) is 2.86. The number of halogens is 1. The zero-order chi connectivity index (χ0) is 14.9. The minimum absolute atomic E-state index is 0.0541. The van der Waals surface area contributed by atoms with E-state index in [2.05, 4.69) is 15.9 Å². The second-order valence-electron chi connectivity index (χ2n) is 5.29. The highest BCUT2D eigenvalue weighted by atomic mass is 79.9. The molecule has 2 rings (SSSR count). The predicted molar refractivity (Wildman–Crippen MR) is 83.8 cm³/mol. The number of sulfonamides is 1. The number of hydrogen-bond donors (Lipinski definition) is 1. The quantitative estimate of drug-likeness (QED) is 0.897. The van der Waals surface area contributed by atoms with Gasteiger partial charge in [-0.05, 0) is 59.8 Å². The second-order valence-corrected chi connectivity index (χ2v) is 7.96. The molecule has 1 aliphatic heterocycles. The van der Waals surface area contributed by atoms with Crippen LogP contribution in [0.3, 0.4) is 0 Å². The summed E-state index contributed by atoms with van der Waals surface area (Å²) in [5, 5.41) is 0. The summed E-state index contributed by atoms with van der Waals surface area (Å²) in [4.78, 5) is 0.327. The van der Waals surface area contributed by atoms with Crippen molar-refractivity contribution in [2.24, 2.45) is 5.73 Å². The van der Waals surface area contributed by atoms with Gasteiger partial charge in [0.15, 0.2) is 0 Å². The molecule has 4 nitrogen and oxygen atoms in total. The van der Waals surface area contributed by atoms with E-state index in [0.29, 0.717) is 15.9 Å². The monoisotopic (exact) mass is 360 g/mol.